The maximum absolute atomic E-state index is 13.9. The second-order valence-electron chi connectivity index (χ2n) is 5.00. The number of anilines is 1. The average Bonchev–Trinajstić information content (AvgIpc) is 2.82. The summed E-state index contributed by atoms with van der Waals surface area (Å²) < 4.78 is 64.4. The number of ether oxygens (including phenoxy) is 1. The van der Waals surface area contributed by atoms with Crippen molar-refractivity contribution < 1.29 is 55.5 Å². The monoisotopic (exact) mass is 467 g/mol. The maximum atomic E-state index is 13.9. The lowest BCUT2D eigenvalue weighted by Crippen LogP contribution is -2.28. The highest BCUT2D eigenvalue weighted by molar-refractivity contribution is 7.66. The van der Waals surface area contributed by atoms with Crippen molar-refractivity contribution in [3.05, 3.63) is 34.7 Å². The quantitative estimate of drug-likeness (QED) is 0.315. The molecule has 1 aromatic rings. The Morgan fingerprint density at radius 2 is 1.86 bits per heavy atom. The van der Waals surface area contributed by atoms with Crippen molar-refractivity contribution in [3.8, 4) is 0 Å². The predicted octanol–water partition coefficient (Wildman–Crippen LogP) is -0.0804. The van der Waals surface area contributed by atoms with Crippen LogP contribution in [-0.2, 0) is 31.6 Å². The van der Waals surface area contributed by atoms with Crippen molar-refractivity contribution in [1.82, 2.24) is 9.55 Å². The van der Waals surface area contributed by atoms with Crippen LogP contribution in [0.5, 0.6) is 0 Å². The standard InChI is InChI=1S/C9H13FN3O12P3/c10-5-3-8(13-2-1-7(11)12-9(13)14)23-6(5)4-22-27(18,19)25-28(20,21)24-26(15,16)17/h1-3,6,8H,4H2,(H,18,19)(H,20,21)(H2,11,12,14)(H2,15,16,17)/t6-,8-/m1/s1. The summed E-state index contributed by atoms with van der Waals surface area (Å²) in [6, 6.07) is 1.23. The Morgan fingerprint density at radius 3 is 2.43 bits per heavy atom. The number of nitrogens with zero attached hydrogens (tertiary/aromatic N) is 2. The van der Waals surface area contributed by atoms with Crippen LogP contribution in [0.15, 0.2) is 29.0 Å². The zero-order valence-electron chi connectivity index (χ0n) is 13.3. The summed E-state index contributed by atoms with van der Waals surface area (Å²) in [5.74, 6) is -1.11. The molecule has 2 rings (SSSR count). The van der Waals surface area contributed by atoms with Crippen LogP contribution in [0.1, 0.15) is 6.23 Å². The van der Waals surface area contributed by atoms with Crippen molar-refractivity contribution in [2.45, 2.75) is 12.3 Å². The van der Waals surface area contributed by atoms with E-state index in [0.717, 1.165) is 16.8 Å². The van der Waals surface area contributed by atoms with Crippen LogP contribution in [0, 0.1) is 0 Å². The largest absolute Gasteiger partial charge is 0.490 e. The highest BCUT2D eigenvalue weighted by Gasteiger charge is 2.41. The number of nitrogens with two attached hydrogens (primary N) is 1. The molecule has 0 saturated carbocycles. The van der Waals surface area contributed by atoms with E-state index in [2.05, 4.69) is 18.1 Å². The van der Waals surface area contributed by atoms with Gasteiger partial charge >= 0.3 is 29.2 Å². The van der Waals surface area contributed by atoms with Gasteiger partial charge in [0.15, 0.2) is 6.23 Å². The van der Waals surface area contributed by atoms with Crippen molar-refractivity contribution in [1.29, 1.82) is 0 Å². The number of hydrogen-bond acceptors (Lipinski definition) is 10. The molecule has 0 amide bonds. The third-order valence-corrected chi connectivity index (χ3v) is 6.65. The number of aromatic nitrogens is 2. The van der Waals surface area contributed by atoms with Crippen molar-refractivity contribution in [2.24, 2.45) is 0 Å². The zero-order chi connectivity index (χ0) is 21.3. The van der Waals surface area contributed by atoms with Gasteiger partial charge < -0.3 is 30.0 Å². The minimum Gasteiger partial charge on any atom is -0.383 e. The molecule has 0 radical (unpaired) electrons. The molecule has 1 aromatic heterocycles. The van der Waals surface area contributed by atoms with E-state index in [1.807, 2.05) is 0 Å². The molecule has 1 aliphatic rings. The summed E-state index contributed by atoms with van der Waals surface area (Å²) in [6.45, 7) is -1.04. The molecule has 19 heteroatoms. The molecule has 0 saturated heterocycles. The van der Waals surface area contributed by atoms with Gasteiger partial charge in [0.25, 0.3) is 0 Å². The molecule has 0 spiro atoms. The van der Waals surface area contributed by atoms with Gasteiger partial charge in [-0.3, -0.25) is 9.09 Å². The molecule has 0 aliphatic carbocycles. The molecule has 0 aromatic carbocycles. The number of rotatable bonds is 8. The van der Waals surface area contributed by atoms with E-state index in [-0.39, 0.29) is 5.82 Å². The normalized spacial score (nSPS) is 24.4. The molecule has 28 heavy (non-hydrogen) atoms. The van der Waals surface area contributed by atoms with E-state index >= 15 is 0 Å². The van der Waals surface area contributed by atoms with Crippen molar-refractivity contribution >= 4 is 29.3 Å². The molecule has 4 atom stereocenters. The first-order valence-electron chi connectivity index (χ1n) is 6.83. The van der Waals surface area contributed by atoms with Gasteiger partial charge in [0, 0.05) is 6.20 Å². The van der Waals surface area contributed by atoms with Crippen LogP contribution in [0.2, 0.25) is 0 Å². The Balaban J connectivity index is 2.00. The van der Waals surface area contributed by atoms with Crippen LogP contribution in [0.4, 0.5) is 10.2 Å². The Labute approximate surface area is 154 Å². The minimum absolute atomic E-state index is 0.0899. The van der Waals surface area contributed by atoms with Crippen LogP contribution in [0.25, 0.3) is 0 Å². The molecule has 0 fully saturated rings. The maximum Gasteiger partial charge on any atom is 0.490 e. The SMILES string of the molecule is Nc1ccn([C@H]2C=C(F)[C@@H](COP(=O)(O)OP(=O)(O)OP(=O)(O)O)O2)c(=O)n1. The fourth-order valence-corrected chi connectivity index (χ4v) is 4.88. The van der Waals surface area contributed by atoms with Crippen LogP contribution in [-0.4, -0.2) is 41.8 Å². The summed E-state index contributed by atoms with van der Waals surface area (Å²) in [5, 5.41) is 0. The third kappa shape index (κ3) is 6.65. The fraction of sp³-hybridized carbons (Fsp3) is 0.333. The van der Waals surface area contributed by atoms with E-state index in [0.29, 0.717) is 0 Å². The Kier molecular flexibility index (Phi) is 6.76. The summed E-state index contributed by atoms with van der Waals surface area (Å²) in [7, 11) is -16.7. The van der Waals surface area contributed by atoms with Gasteiger partial charge in [0.2, 0.25) is 0 Å². The smallest absolute Gasteiger partial charge is 0.383 e. The summed E-state index contributed by atoms with van der Waals surface area (Å²) in [6.07, 6.45) is -0.942. The number of phosphoric ester groups is 1. The third-order valence-electron chi connectivity index (χ3n) is 2.84. The Bertz CT molecular complexity index is 975. The lowest BCUT2D eigenvalue weighted by Gasteiger charge is -2.19. The second kappa shape index (κ2) is 8.22. The first-order chi connectivity index (χ1) is 12.7. The molecule has 2 heterocycles. The van der Waals surface area contributed by atoms with Crippen LogP contribution < -0.4 is 11.4 Å². The van der Waals surface area contributed by atoms with E-state index in [1.165, 1.54) is 6.07 Å². The molecule has 158 valence electrons. The van der Waals surface area contributed by atoms with Crippen molar-refractivity contribution in [3.63, 3.8) is 0 Å². The molecule has 1 aliphatic heterocycles. The van der Waals surface area contributed by atoms with Gasteiger partial charge in [0.1, 0.15) is 17.7 Å². The molecule has 15 nitrogen and oxygen atoms in total. The minimum atomic E-state index is -5.70. The van der Waals surface area contributed by atoms with E-state index in [4.69, 9.17) is 25.2 Å². The Morgan fingerprint density at radius 1 is 1.21 bits per heavy atom. The first kappa shape index (κ1) is 23.0. The highest BCUT2D eigenvalue weighted by Crippen LogP contribution is 2.66. The number of halogens is 1. The number of hydrogen-bond donors (Lipinski definition) is 5. The predicted molar refractivity (Wildman–Crippen MR) is 85.8 cm³/mol. The molecule has 2 unspecified atom stereocenters. The zero-order valence-corrected chi connectivity index (χ0v) is 16.0. The number of nitrogen functional groups attached to an aromatic ring is 1. The van der Waals surface area contributed by atoms with E-state index < -0.39 is 53.9 Å². The number of phosphoric acid groups is 3. The van der Waals surface area contributed by atoms with Gasteiger partial charge in [0.05, 0.1) is 6.61 Å². The van der Waals surface area contributed by atoms with Crippen LogP contribution in [0.3, 0.4) is 0 Å². The lowest BCUT2D eigenvalue weighted by molar-refractivity contribution is -0.0195. The van der Waals surface area contributed by atoms with Gasteiger partial charge in [-0.2, -0.15) is 13.6 Å². The molecular formula is C9H13FN3O12P3. The topological polar surface area (TPSA) is 230 Å². The van der Waals surface area contributed by atoms with E-state index in [9.17, 15) is 27.8 Å². The second-order valence-corrected chi connectivity index (χ2v) is 9.42. The van der Waals surface area contributed by atoms with Crippen LogP contribution >= 0.6 is 23.5 Å². The molecule has 6 N–H and O–H groups in total. The van der Waals surface area contributed by atoms with Gasteiger partial charge in [-0.1, -0.05) is 0 Å². The highest BCUT2D eigenvalue weighted by atomic mass is 31.3. The fourth-order valence-electron chi connectivity index (χ4n) is 1.87. The van der Waals surface area contributed by atoms with Crippen molar-refractivity contribution in [2.75, 3.05) is 12.3 Å². The lowest BCUT2D eigenvalue weighted by atomic mass is 10.3. The molecular weight excluding hydrogens is 454 g/mol. The summed E-state index contributed by atoms with van der Waals surface area (Å²) in [5.41, 5.74) is 4.44. The Hall–Kier alpha value is -1.28. The molecule has 0 bridgehead atoms. The summed E-state index contributed by atoms with van der Waals surface area (Å²) >= 11 is 0. The first-order valence-corrected chi connectivity index (χ1v) is 11.4. The average molecular weight is 467 g/mol. The summed E-state index contributed by atoms with van der Waals surface area (Å²) in [4.78, 5) is 50.3. The van der Waals surface area contributed by atoms with Gasteiger partial charge in [-0.05, 0) is 12.1 Å². The van der Waals surface area contributed by atoms with Gasteiger partial charge in [-0.25, -0.2) is 22.9 Å². The van der Waals surface area contributed by atoms with Gasteiger partial charge in [-0.15, -0.1) is 0 Å². The van der Waals surface area contributed by atoms with E-state index in [1.54, 1.807) is 0 Å².